The first-order valence-electron chi connectivity index (χ1n) is 7.88. The average molecular weight is 402 g/mol. The van der Waals surface area contributed by atoms with Crippen molar-refractivity contribution in [1.82, 2.24) is 0 Å². The molecule has 0 atom stereocenters. The number of nitrogens with one attached hydrogen (secondary N) is 1. The number of carbonyl (C=O) groups excluding carboxylic acids is 1. The SMILES string of the molecule is Cc1cc(C(=O)Nc2cccc3c(S(=O)(=O)O)ccc(O)c23)ccc1[N+](=O)[O-]. The minimum absolute atomic E-state index is 0.0279. The molecule has 3 rings (SSSR count). The van der Waals surface area contributed by atoms with Crippen LogP contribution in [0.25, 0.3) is 10.8 Å². The van der Waals surface area contributed by atoms with Gasteiger partial charge in [-0.3, -0.25) is 19.5 Å². The zero-order chi connectivity index (χ0) is 20.6. The predicted octanol–water partition coefficient (Wildman–Crippen LogP) is 3.26. The molecule has 144 valence electrons. The summed E-state index contributed by atoms with van der Waals surface area (Å²) in [6.45, 7) is 1.50. The van der Waals surface area contributed by atoms with Crippen LogP contribution in [0.4, 0.5) is 11.4 Å². The van der Waals surface area contributed by atoms with Crippen LogP contribution in [0.2, 0.25) is 0 Å². The zero-order valence-corrected chi connectivity index (χ0v) is 15.2. The Kier molecular flexibility index (Phi) is 4.75. The standard InChI is InChI=1S/C18H14N2O7S/c1-10-9-11(5-6-14(10)20(23)24)18(22)19-13-4-2-3-12-16(28(25,26)27)8-7-15(21)17(12)13/h2-9,21H,1H3,(H,19,22)(H,25,26,27). The van der Waals surface area contributed by atoms with Crippen LogP contribution in [-0.2, 0) is 10.1 Å². The third-order valence-electron chi connectivity index (χ3n) is 4.16. The summed E-state index contributed by atoms with van der Waals surface area (Å²) in [4.78, 5) is 22.5. The Morgan fingerprint density at radius 1 is 1.14 bits per heavy atom. The van der Waals surface area contributed by atoms with Gasteiger partial charge in [0.25, 0.3) is 21.7 Å². The fourth-order valence-electron chi connectivity index (χ4n) is 2.89. The fraction of sp³-hybridized carbons (Fsp3) is 0.0556. The molecule has 28 heavy (non-hydrogen) atoms. The van der Waals surface area contributed by atoms with E-state index in [4.69, 9.17) is 0 Å². The minimum Gasteiger partial charge on any atom is -0.507 e. The van der Waals surface area contributed by atoms with E-state index < -0.39 is 25.8 Å². The summed E-state index contributed by atoms with van der Waals surface area (Å²) in [5, 5.41) is 23.7. The van der Waals surface area contributed by atoms with Crippen LogP contribution >= 0.6 is 0 Å². The number of phenolic OH excluding ortho intramolecular Hbond substituents is 1. The van der Waals surface area contributed by atoms with E-state index in [0.717, 1.165) is 12.1 Å². The maximum Gasteiger partial charge on any atom is 0.295 e. The number of carbonyl (C=O) groups is 1. The van der Waals surface area contributed by atoms with Crippen molar-refractivity contribution in [2.24, 2.45) is 0 Å². The van der Waals surface area contributed by atoms with Crippen LogP contribution in [0.5, 0.6) is 5.75 Å². The van der Waals surface area contributed by atoms with Gasteiger partial charge in [0.15, 0.2) is 0 Å². The second kappa shape index (κ2) is 6.91. The molecule has 0 unspecified atom stereocenters. The number of hydrogen-bond acceptors (Lipinski definition) is 6. The van der Waals surface area contributed by atoms with Crippen LogP contribution < -0.4 is 5.32 Å². The van der Waals surface area contributed by atoms with Crippen LogP contribution in [0.1, 0.15) is 15.9 Å². The fourth-order valence-corrected chi connectivity index (χ4v) is 3.57. The molecule has 0 aromatic heterocycles. The van der Waals surface area contributed by atoms with Gasteiger partial charge in [0, 0.05) is 28.0 Å². The smallest absolute Gasteiger partial charge is 0.295 e. The van der Waals surface area contributed by atoms with Crippen molar-refractivity contribution in [3.05, 3.63) is 69.8 Å². The number of fused-ring (bicyclic) bond motifs is 1. The van der Waals surface area contributed by atoms with Crippen molar-refractivity contribution in [3.8, 4) is 5.75 Å². The van der Waals surface area contributed by atoms with Gasteiger partial charge in [-0.2, -0.15) is 8.42 Å². The molecule has 3 aromatic rings. The van der Waals surface area contributed by atoms with Crippen molar-refractivity contribution in [2.75, 3.05) is 5.32 Å². The molecule has 0 heterocycles. The molecule has 10 heteroatoms. The maximum absolute atomic E-state index is 12.6. The summed E-state index contributed by atoms with van der Waals surface area (Å²) in [6.07, 6.45) is 0. The first-order valence-corrected chi connectivity index (χ1v) is 9.32. The van der Waals surface area contributed by atoms with Gasteiger partial charge in [-0.25, -0.2) is 0 Å². The molecule has 0 aliphatic carbocycles. The zero-order valence-electron chi connectivity index (χ0n) is 14.4. The van der Waals surface area contributed by atoms with Crippen LogP contribution in [-0.4, -0.2) is 28.9 Å². The highest BCUT2D eigenvalue weighted by atomic mass is 32.2. The second-order valence-corrected chi connectivity index (χ2v) is 7.39. The number of nitro benzene ring substituents is 1. The molecule has 3 aromatic carbocycles. The number of rotatable bonds is 4. The van der Waals surface area contributed by atoms with Gasteiger partial charge in [-0.05, 0) is 37.3 Å². The maximum atomic E-state index is 12.6. The number of nitro groups is 1. The average Bonchev–Trinajstić information content (AvgIpc) is 2.60. The molecule has 0 radical (unpaired) electrons. The summed E-state index contributed by atoms with van der Waals surface area (Å²) in [6, 6.07) is 10.3. The highest BCUT2D eigenvalue weighted by Crippen LogP contribution is 2.36. The lowest BCUT2D eigenvalue weighted by Crippen LogP contribution is -2.13. The third-order valence-corrected chi connectivity index (χ3v) is 5.07. The number of aromatic hydroxyl groups is 1. The molecular formula is C18H14N2O7S. The van der Waals surface area contributed by atoms with Gasteiger partial charge in [-0.15, -0.1) is 0 Å². The topological polar surface area (TPSA) is 147 Å². The van der Waals surface area contributed by atoms with E-state index in [0.29, 0.717) is 5.56 Å². The van der Waals surface area contributed by atoms with Gasteiger partial charge in [-0.1, -0.05) is 12.1 Å². The Morgan fingerprint density at radius 3 is 2.46 bits per heavy atom. The van der Waals surface area contributed by atoms with Gasteiger partial charge < -0.3 is 10.4 Å². The normalized spacial score (nSPS) is 11.4. The minimum atomic E-state index is -4.55. The molecule has 0 aliphatic rings. The van der Waals surface area contributed by atoms with Gasteiger partial charge in [0.2, 0.25) is 0 Å². The molecule has 9 nitrogen and oxygen atoms in total. The lowest BCUT2D eigenvalue weighted by Gasteiger charge is -2.12. The monoisotopic (exact) mass is 402 g/mol. The van der Waals surface area contributed by atoms with Gasteiger partial charge in [0.05, 0.1) is 10.6 Å². The summed E-state index contributed by atoms with van der Waals surface area (Å²) < 4.78 is 32.5. The van der Waals surface area contributed by atoms with E-state index in [-0.39, 0.29) is 33.5 Å². The lowest BCUT2D eigenvalue weighted by molar-refractivity contribution is -0.385. The van der Waals surface area contributed by atoms with Crippen LogP contribution in [0.15, 0.2) is 53.4 Å². The Hall–Kier alpha value is -3.50. The summed E-state index contributed by atoms with van der Waals surface area (Å²) >= 11 is 0. The van der Waals surface area contributed by atoms with Crippen LogP contribution in [0.3, 0.4) is 0 Å². The van der Waals surface area contributed by atoms with Crippen molar-refractivity contribution in [1.29, 1.82) is 0 Å². The third kappa shape index (κ3) is 3.50. The second-order valence-electron chi connectivity index (χ2n) is 6.00. The molecule has 1 amide bonds. The van der Waals surface area contributed by atoms with Crippen molar-refractivity contribution in [2.45, 2.75) is 11.8 Å². The first-order chi connectivity index (χ1) is 13.1. The molecule has 0 aliphatic heterocycles. The number of phenols is 1. The quantitative estimate of drug-likeness (QED) is 0.345. The number of hydrogen-bond donors (Lipinski definition) is 3. The molecule has 0 fully saturated rings. The molecule has 0 saturated heterocycles. The molecular weight excluding hydrogens is 388 g/mol. The number of aryl methyl sites for hydroxylation is 1. The van der Waals surface area contributed by atoms with Gasteiger partial charge in [0.1, 0.15) is 10.6 Å². The summed E-state index contributed by atoms with van der Waals surface area (Å²) in [7, 11) is -4.55. The van der Waals surface area contributed by atoms with Crippen molar-refractivity contribution in [3.63, 3.8) is 0 Å². The van der Waals surface area contributed by atoms with Crippen molar-refractivity contribution < 1.29 is 27.8 Å². The highest BCUT2D eigenvalue weighted by molar-refractivity contribution is 7.86. The number of amides is 1. The van der Waals surface area contributed by atoms with Crippen molar-refractivity contribution >= 4 is 38.2 Å². The molecule has 0 bridgehead atoms. The summed E-state index contributed by atoms with van der Waals surface area (Å²) in [5.74, 6) is -0.902. The summed E-state index contributed by atoms with van der Waals surface area (Å²) in [5.41, 5.74) is 0.427. The van der Waals surface area contributed by atoms with E-state index in [1.807, 2.05) is 0 Å². The molecule has 0 saturated carbocycles. The Bertz CT molecular complexity index is 1240. The Labute approximate surface area is 159 Å². The Morgan fingerprint density at radius 2 is 1.86 bits per heavy atom. The Balaban J connectivity index is 2.07. The highest BCUT2D eigenvalue weighted by Gasteiger charge is 2.19. The van der Waals surface area contributed by atoms with Crippen LogP contribution in [0, 0.1) is 17.0 Å². The lowest BCUT2D eigenvalue weighted by atomic mass is 10.1. The largest absolute Gasteiger partial charge is 0.507 e. The number of anilines is 1. The first kappa shape index (κ1) is 19.3. The van der Waals surface area contributed by atoms with E-state index in [2.05, 4.69) is 5.32 Å². The predicted molar refractivity (Wildman–Crippen MR) is 101 cm³/mol. The molecule has 0 spiro atoms. The van der Waals surface area contributed by atoms with Gasteiger partial charge >= 0.3 is 0 Å². The van der Waals surface area contributed by atoms with E-state index >= 15 is 0 Å². The number of nitrogens with zero attached hydrogens (tertiary/aromatic N) is 1. The van der Waals surface area contributed by atoms with E-state index in [1.54, 1.807) is 0 Å². The number of benzene rings is 3. The molecule has 3 N–H and O–H groups in total. The van der Waals surface area contributed by atoms with E-state index in [1.165, 1.54) is 43.3 Å². The van der Waals surface area contributed by atoms with E-state index in [9.17, 15) is 33.0 Å².